The van der Waals surface area contributed by atoms with Crippen molar-refractivity contribution in [2.24, 2.45) is 0 Å². The van der Waals surface area contributed by atoms with Crippen LogP contribution in [0.4, 0.5) is 0 Å². The Morgan fingerprint density at radius 3 is 2.56 bits per heavy atom. The summed E-state index contributed by atoms with van der Waals surface area (Å²) < 4.78 is 12.9. The SMILES string of the molecule is COc1ccc(OCCCC(=O)N2CCc3c(cnn3C(C)(C)C)C2)cc1. The molecule has 0 unspecified atom stereocenters. The second kappa shape index (κ2) is 8.03. The maximum atomic E-state index is 12.5. The lowest BCUT2D eigenvalue weighted by Gasteiger charge is -2.30. The van der Waals surface area contributed by atoms with Gasteiger partial charge in [0, 0.05) is 37.2 Å². The van der Waals surface area contributed by atoms with E-state index < -0.39 is 0 Å². The third-order valence-corrected chi connectivity index (χ3v) is 4.79. The summed E-state index contributed by atoms with van der Waals surface area (Å²) >= 11 is 0. The highest BCUT2D eigenvalue weighted by Crippen LogP contribution is 2.25. The van der Waals surface area contributed by atoms with Crippen molar-refractivity contribution in [1.29, 1.82) is 0 Å². The van der Waals surface area contributed by atoms with Crippen LogP contribution in [0.25, 0.3) is 0 Å². The van der Waals surface area contributed by atoms with Gasteiger partial charge in [-0.05, 0) is 51.5 Å². The van der Waals surface area contributed by atoms with Crippen molar-refractivity contribution in [3.05, 3.63) is 41.7 Å². The van der Waals surface area contributed by atoms with Crippen molar-refractivity contribution in [1.82, 2.24) is 14.7 Å². The zero-order valence-corrected chi connectivity index (χ0v) is 16.7. The number of carbonyl (C=O) groups excluding carboxylic acids is 1. The number of amides is 1. The number of fused-ring (bicyclic) bond motifs is 1. The minimum atomic E-state index is -0.0292. The smallest absolute Gasteiger partial charge is 0.223 e. The molecule has 2 heterocycles. The lowest BCUT2D eigenvalue weighted by Crippen LogP contribution is -2.37. The van der Waals surface area contributed by atoms with E-state index in [-0.39, 0.29) is 11.4 Å². The van der Waals surface area contributed by atoms with E-state index in [1.54, 1.807) is 7.11 Å². The maximum absolute atomic E-state index is 12.5. The summed E-state index contributed by atoms with van der Waals surface area (Å²) in [5.41, 5.74) is 2.40. The van der Waals surface area contributed by atoms with Gasteiger partial charge in [-0.2, -0.15) is 5.10 Å². The maximum Gasteiger partial charge on any atom is 0.223 e. The fourth-order valence-corrected chi connectivity index (χ4v) is 3.37. The number of ether oxygens (including phenoxy) is 2. The van der Waals surface area contributed by atoms with E-state index in [0.29, 0.717) is 26.0 Å². The molecule has 0 saturated heterocycles. The summed E-state index contributed by atoms with van der Waals surface area (Å²) in [7, 11) is 1.64. The van der Waals surface area contributed by atoms with Gasteiger partial charge in [0.1, 0.15) is 11.5 Å². The topological polar surface area (TPSA) is 56.6 Å². The number of methoxy groups -OCH3 is 1. The highest BCUT2D eigenvalue weighted by molar-refractivity contribution is 5.76. The summed E-state index contributed by atoms with van der Waals surface area (Å²) in [6, 6.07) is 7.48. The molecule has 1 aromatic heterocycles. The van der Waals surface area contributed by atoms with E-state index >= 15 is 0 Å². The van der Waals surface area contributed by atoms with E-state index in [1.165, 1.54) is 11.3 Å². The molecule has 1 aliphatic rings. The first kappa shape index (κ1) is 19.3. The van der Waals surface area contributed by atoms with Crippen LogP contribution in [0.3, 0.4) is 0 Å². The van der Waals surface area contributed by atoms with Gasteiger partial charge in [0.15, 0.2) is 0 Å². The largest absolute Gasteiger partial charge is 0.497 e. The Kier molecular flexibility index (Phi) is 5.73. The van der Waals surface area contributed by atoms with Crippen LogP contribution in [-0.4, -0.2) is 40.8 Å². The monoisotopic (exact) mass is 371 g/mol. The first-order valence-electron chi connectivity index (χ1n) is 9.49. The molecule has 0 saturated carbocycles. The van der Waals surface area contributed by atoms with Gasteiger partial charge in [0.25, 0.3) is 0 Å². The molecule has 3 rings (SSSR count). The standard InChI is InChI=1S/C21H29N3O3/c1-21(2,3)24-19-11-12-23(15-16(19)14-22-24)20(25)6-5-13-27-18-9-7-17(26-4)8-10-18/h7-10,14H,5-6,11-13,15H2,1-4H3. The molecule has 2 aromatic rings. The highest BCUT2D eigenvalue weighted by atomic mass is 16.5. The van der Waals surface area contributed by atoms with Crippen molar-refractivity contribution < 1.29 is 14.3 Å². The minimum absolute atomic E-state index is 0.0292. The first-order chi connectivity index (χ1) is 12.9. The summed E-state index contributed by atoms with van der Waals surface area (Å²) in [6.45, 7) is 8.40. The highest BCUT2D eigenvalue weighted by Gasteiger charge is 2.27. The Balaban J connectivity index is 1.46. The van der Waals surface area contributed by atoms with Crippen LogP contribution >= 0.6 is 0 Å². The van der Waals surface area contributed by atoms with Crippen LogP contribution in [0, 0.1) is 0 Å². The van der Waals surface area contributed by atoms with Crippen LogP contribution in [0.1, 0.15) is 44.9 Å². The average molecular weight is 371 g/mol. The molecular formula is C21H29N3O3. The second-order valence-corrected chi connectivity index (χ2v) is 7.89. The van der Waals surface area contributed by atoms with Gasteiger partial charge in [-0.3, -0.25) is 9.48 Å². The number of hydrogen-bond acceptors (Lipinski definition) is 4. The molecule has 6 heteroatoms. The van der Waals surface area contributed by atoms with Crippen molar-refractivity contribution in [3.63, 3.8) is 0 Å². The minimum Gasteiger partial charge on any atom is -0.497 e. The van der Waals surface area contributed by atoms with Gasteiger partial charge < -0.3 is 14.4 Å². The van der Waals surface area contributed by atoms with E-state index in [4.69, 9.17) is 9.47 Å². The molecule has 1 aliphatic heterocycles. The first-order valence-corrected chi connectivity index (χ1v) is 9.49. The van der Waals surface area contributed by atoms with Crippen LogP contribution in [-0.2, 0) is 23.3 Å². The summed E-state index contributed by atoms with van der Waals surface area (Å²) in [5.74, 6) is 1.78. The number of aromatic nitrogens is 2. The molecule has 0 radical (unpaired) electrons. The molecule has 146 valence electrons. The van der Waals surface area contributed by atoms with E-state index in [0.717, 1.165) is 24.5 Å². The molecule has 27 heavy (non-hydrogen) atoms. The Morgan fingerprint density at radius 1 is 1.19 bits per heavy atom. The molecule has 0 aliphatic carbocycles. The molecule has 0 spiro atoms. The van der Waals surface area contributed by atoms with Gasteiger partial charge in [-0.25, -0.2) is 0 Å². The summed E-state index contributed by atoms with van der Waals surface area (Å²) in [6.07, 6.45) is 3.97. The molecule has 0 bridgehead atoms. The number of rotatable bonds is 6. The Morgan fingerprint density at radius 2 is 1.89 bits per heavy atom. The summed E-state index contributed by atoms with van der Waals surface area (Å²) in [4.78, 5) is 14.5. The molecule has 1 amide bonds. The quantitative estimate of drug-likeness (QED) is 0.731. The predicted molar refractivity (Wildman–Crippen MR) is 104 cm³/mol. The third-order valence-electron chi connectivity index (χ3n) is 4.79. The molecule has 6 nitrogen and oxygen atoms in total. The Hall–Kier alpha value is -2.50. The number of hydrogen-bond donors (Lipinski definition) is 0. The normalized spacial score (nSPS) is 14.0. The van der Waals surface area contributed by atoms with Crippen molar-refractivity contribution in [2.75, 3.05) is 20.3 Å². The molecule has 0 atom stereocenters. The van der Waals surface area contributed by atoms with Crippen molar-refractivity contribution in [3.8, 4) is 11.5 Å². The van der Waals surface area contributed by atoms with Crippen LogP contribution in [0.2, 0.25) is 0 Å². The van der Waals surface area contributed by atoms with Crippen molar-refractivity contribution >= 4 is 5.91 Å². The zero-order chi connectivity index (χ0) is 19.4. The van der Waals surface area contributed by atoms with Gasteiger partial charge in [0.05, 0.1) is 25.5 Å². The third kappa shape index (κ3) is 4.62. The Labute approximate surface area is 161 Å². The lowest BCUT2D eigenvalue weighted by atomic mass is 10.0. The number of nitrogens with zero attached hydrogens (tertiary/aromatic N) is 3. The van der Waals surface area contributed by atoms with Gasteiger partial charge in [-0.15, -0.1) is 0 Å². The van der Waals surface area contributed by atoms with Gasteiger partial charge in [-0.1, -0.05) is 0 Å². The fraction of sp³-hybridized carbons (Fsp3) is 0.524. The molecular weight excluding hydrogens is 342 g/mol. The number of benzene rings is 1. The molecule has 0 N–H and O–H groups in total. The Bertz CT molecular complexity index is 775. The summed E-state index contributed by atoms with van der Waals surface area (Å²) in [5, 5.41) is 4.53. The van der Waals surface area contributed by atoms with E-state index in [2.05, 4.69) is 30.6 Å². The molecule has 0 fully saturated rings. The average Bonchev–Trinajstić information content (AvgIpc) is 3.09. The predicted octanol–water partition coefficient (Wildman–Crippen LogP) is 3.39. The van der Waals surface area contributed by atoms with Gasteiger partial charge in [0.2, 0.25) is 5.91 Å². The van der Waals surface area contributed by atoms with E-state index in [1.807, 2.05) is 35.4 Å². The molecule has 1 aromatic carbocycles. The number of carbonyl (C=O) groups is 1. The van der Waals surface area contributed by atoms with Crippen LogP contribution < -0.4 is 9.47 Å². The van der Waals surface area contributed by atoms with Crippen molar-refractivity contribution in [2.45, 2.75) is 52.1 Å². The van der Waals surface area contributed by atoms with E-state index in [9.17, 15) is 4.79 Å². The van der Waals surface area contributed by atoms with Crippen LogP contribution in [0.15, 0.2) is 30.5 Å². The van der Waals surface area contributed by atoms with Gasteiger partial charge >= 0.3 is 0 Å². The fourth-order valence-electron chi connectivity index (χ4n) is 3.37. The lowest BCUT2D eigenvalue weighted by molar-refractivity contribution is -0.132. The van der Waals surface area contributed by atoms with Crippen LogP contribution in [0.5, 0.6) is 11.5 Å². The zero-order valence-electron chi connectivity index (χ0n) is 16.7. The second-order valence-electron chi connectivity index (χ2n) is 7.89.